The quantitative estimate of drug-likeness (QED) is 0.443. The van der Waals surface area contributed by atoms with Crippen LogP contribution in [0.2, 0.25) is 0 Å². The summed E-state index contributed by atoms with van der Waals surface area (Å²) < 4.78 is 0.934. The number of hydrogen-bond acceptors (Lipinski definition) is 4. The largest absolute Gasteiger partial charge is 0.301 e. The average molecular weight is 378 g/mol. The van der Waals surface area contributed by atoms with Gasteiger partial charge in [-0.3, -0.25) is 4.79 Å². The Morgan fingerprint density at radius 3 is 2.50 bits per heavy atom. The minimum atomic E-state index is -0.372. The number of carbonyl (C=O) groups is 1. The van der Waals surface area contributed by atoms with Crippen molar-refractivity contribution >= 4 is 44.5 Å². The maximum absolute atomic E-state index is 13.2. The molecule has 0 aliphatic carbocycles. The van der Waals surface area contributed by atoms with Gasteiger partial charge in [-0.25, -0.2) is 0 Å². The highest BCUT2D eigenvalue weighted by molar-refractivity contribution is 7.80. The van der Waals surface area contributed by atoms with Crippen molar-refractivity contribution in [2.45, 2.75) is 53.5 Å². The molecule has 0 spiro atoms. The van der Waals surface area contributed by atoms with Crippen LogP contribution in [-0.4, -0.2) is 5.91 Å². The standard InChI is InChI=1S/C19H23NOS3/c1-7-10(2)17(21)20-14-9-12(4)11(3)8-13(14)15-16(19(20,5)6)23-24-18(15)22/h8-10H,7H2,1-6H3/t10-/m1/s1. The second-order valence-corrected chi connectivity index (χ2v) is 9.97. The molecule has 1 aliphatic rings. The molecule has 3 rings (SSSR count). The molecule has 5 heteroatoms. The van der Waals surface area contributed by atoms with E-state index in [-0.39, 0.29) is 17.4 Å². The van der Waals surface area contributed by atoms with Gasteiger partial charge >= 0.3 is 0 Å². The number of anilines is 1. The third kappa shape index (κ3) is 2.49. The molecule has 2 nitrogen and oxygen atoms in total. The van der Waals surface area contributed by atoms with Crippen molar-refractivity contribution in [1.82, 2.24) is 0 Å². The Kier molecular flexibility index (Phi) is 4.47. The zero-order valence-electron chi connectivity index (χ0n) is 15.0. The van der Waals surface area contributed by atoms with Gasteiger partial charge < -0.3 is 4.90 Å². The van der Waals surface area contributed by atoms with E-state index in [0.29, 0.717) is 0 Å². The topological polar surface area (TPSA) is 20.3 Å². The SMILES string of the molecule is CC[C@@H](C)C(=O)N1c2cc(C)c(C)cc2-c2c(ssc2=S)C1(C)C. The van der Waals surface area contributed by atoms with E-state index in [2.05, 4.69) is 46.8 Å². The van der Waals surface area contributed by atoms with Crippen molar-refractivity contribution in [3.05, 3.63) is 32.0 Å². The maximum Gasteiger partial charge on any atom is 0.230 e. The predicted molar refractivity (Wildman–Crippen MR) is 108 cm³/mol. The molecule has 0 saturated heterocycles. The van der Waals surface area contributed by atoms with Crippen LogP contribution >= 0.6 is 32.9 Å². The first-order valence-electron chi connectivity index (χ1n) is 8.29. The number of nitrogens with zero attached hydrogens (tertiary/aromatic N) is 1. The summed E-state index contributed by atoms with van der Waals surface area (Å²) in [6, 6.07) is 4.36. The van der Waals surface area contributed by atoms with Crippen LogP contribution in [0.25, 0.3) is 11.1 Å². The first kappa shape index (κ1) is 17.8. The van der Waals surface area contributed by atoms with E-state index in [0.717, 1.165) is 27.1 Å². The molecule has 24 heavy (non-hydrogen) atoms. The average Bonchev–Trinajstić information content (AvgIpc) is 2.91. The number of carbonyl (C=O) groups excluding carboxylic acids is 1. The van der Waals surface area contributed by atoms with Crippen LogP contribution in [0.4, 0.5) is 5.69 Å². The third-order valence-corrected chi connectivity index (χ3v) is 8.45. The van der Waals surface area contributed by atoms with Crippen LogP contribution in [0.15, 0.2) is 12.1 Å². The fourth-order valence-corrected chi connectivity index (χ4v) is 6.55. The Hall–Kier alpha value is -1.04. The van der Waals surface area contributed by atoms with Crippen molar-refractivity contribution in [1.29, 1.82) is 0 Å². The molecule has 2 aromatic rings. The second kappa shape index (κ2) is 6.04. The first-order chi connectivity index (χ1) is 11.2. The zero-order chi connectivity index (χ0) is 17.8. The Bertz CT molecular complexity index is 875. The molecule has 0 saturated carbocycles. The molecular formula is C19H23NOS3. The summed E-state index contributed by atoms with van der Waals surface area (Å²) in [7, 11) is 3.36. The molecule has 2 heterocycles. The minimum absolute atomic E-state index is 0.00638. The van der Waals surface area contributed by atoms with Gasteiger partial charge in [-0.2, -0.15) is 0 Å². The number of benzene rings is 1. The monoisotopic (exact) mass is 377 g/mol. The fourth-order valence-electron chi connectivity index (χ4n) is 3.27. The third-order valence-electron chi connectivity index (χ3n) is 5.12. The van der Waals surface area contributed by atoms with Gasteiger partial charge in [0, 0.05) is 17.0 Å². The molecule has 128 valence electrons. The van der Waals surface area contributed by atoms with Crippen LogP contribution in [0.3, 0.4) is 0 Å². The summed E-state index contributed by atoms with van der Waals surface area (Å²) in [5, 5.41) is 0. The van der Waals surface area contributed by atoms with Gasteiger partial charge in [-0.1, -0.05) is 46.7 Å². The summed E-state index contributed by atoms with van der Waals surface area (Å²) in [4.78, 5) is 16.5. The molecule has 0 fully saturated rings. The predicted octanol–water partition coefficient (Wildman–Crippen LogP) is 6.45. The lowest BCUT2D eigenvalue weighted by Gasteiger charge is -2.44. The molecule has 1 atom stereocenters. The van der Waals surface area contributed by atoms with E-state index < -0.39 is 0 Å². The lowest BCUT2D eigenvalue weighted by molar-refractivity contribution is -0.123. The van der Waals surface area contributed by atoms with Gasteiger partial charge in [0.25, 0.3) is 0 Å². The van der Waals surface area contributed by atoms with Crippen LogP contribution in [0.1, 0.15) is 50.1 Å². The van der Waals surface area contributed by atoms with Crippen LogP contribution < -0.4 is 4.90 Å². The van der Waals surface area contributed by atoms with E-state index >= 15 is 0 Å². The number of fused-ring (bicyclic) bond motifs is 3. The number of amides is 1. The van der Waals surface area contributed by atoms with Crippen molar-refractivity contribution in [2.75, 3.05) is 4.90 Å². The van der Waals surface area contributed by atoms with Gasteiger partial charge in [0.15, 0.2) is 0 Å². The Morgan fingerprint density at radius 1 is 1.25 bits per heavy atom. The highest BCUT2D eigenvalue weighted by Gasteiger charge is 2.43. The Morgan fingerprint density at radius 2 is 1.88 bits per heavy atom. The van der Waals surface area contributed by atoms with Crippen molar-refractivity contribution in [3.63, 3.8) is 0 Å². The van der Waals surface area contributed by atoms with E-state index in [9.17, 15) is 4.79 Å². The van der Waals surface area contributed by atoms with Crippen molar-refractivity contribution < 1.29 is 4.79 Å². The number of aryl methyl sites for hydroxylation is 2. The normalized spacial score (nSPS) is 16.5. The van der Waals surface area contributed by atoms with Gasteiger partial charge in [-0.15, -0.1) is 0 Å². The maximum atomic E-state index is 13.2. The summed E-state index contributed by atoms with van der Waals surface area (Å²) in [5.41, 5.74) is 5.36. The van der Waals surface area contributed by atoms with E-state index in [4.69, 9.17) is 12.2 Å². The van der Waals surface area contributed by atoms with Gasteiger partial charge in [0.05, 0.1) is 16.1 Å². The number of hydrogen-bond donors (Lipinski definition) is 0. The molecule has 1 aliphatic heterocycles. The number of rotatable bonds is 2. The van der Waals surface area contributed by atoms with E-state index in [1.54, 1.807) is 20.7 Å². The highest BCUT2D eigenvalue weighted by Crippen LogP contribution is 2.53. The summed E-state index contributed by atoms with van der Waals surface area (Å²) in [5.74, 6) is 0.203. The molecular weight excluding hydrogens is 354 g/mol. The van der Waals surface area contributed by atoms with Gasteiger partial charge in [0.1, 0.15) is 3.82 Å². The van der Waals surface area contributed by atoms with Crippen LogP contribution in [0.5, 0.6) is 0 Å². The first-order valence-corrected chi connectivity index (χ1v) is 10.8. The van der Waals surface area contributed by atoms with Crippen molar-refractivity contribution in [2.24, 2.45) is 5.92 Å². The lowest BCUT2D eigenvalue weighted by atomic mass is 9.85. The van der Waals surface area contributed by atoms with Crippen LogP contribution in [-0.2, 0) is 10.3 Å². The molecule has 0 unspecified atom stereocenters. The van der Waals surface area contributed by atoms with Gasteiger partial charge in [-0.05, 0) is 57.4 Å². The highest BCUT2D eigenvalue weighted by atomic mass is 32.9. The van der Waals surface area contributed by atoms with Gasteiger partial charge in [0.2, 0.25) is 5.91 Å². The molecule has 1 aromatic carbocycles. The summed E-state index contributed by atoms with van der Waals surface area (Å²) in [6.07, 6.45) is 0.845. The Labute approximate surface area is 156 Å². The molecule has 0 N–H and O–H groups in total. The molecule has 0 bridgehead atoms. The Balaban J connectivity index is 2.36. The molecule has 0 radical (unpaired) electrons. The smallest absolute Gasteiger partial charge is 0.230 e. The van der Waals surface area contributed by atoms with E-state index in [1.165, 1.54) is 16.0 Å². The zero-order valence-corrected chi connectivity index (χ0v) is 17.5. The van der Waals surface area contributed by atoms with Crippen LogP contribution in [0, 0.1) is 23.6 Å². The van der Waals surface area contributed by atoms with E-state index in [1.807, 2.05) is 11.8 Å². The fraction of sp³-hybridized carbons (Fsp3) is 0.474. The molecule has 1 aromatic heterocycles. The molecule has 1 amide bonds. The lowest BCUT2D eigenvalue weighted by Crippen LogP contribution is -2.49. The van der Waals surface area contributed by atoms with Crippen molar-refractivity contribution in [3.8, 4) is 11.1 Å². The summed E-state index contributed by atoms with van der Waals surface area (Å²) in [6.45, 7) is 12.6. The minimum Gasteiger partial charge on any atom is -0.301 e. The summed E-state index contributed by atoms with van der Waals surface area (Å²) >= 11 is 5.63. The second-order valence-electron chi connectivity index (χ2n) is 7.15.